The SMILES string of the molecule is Cc1c(C(=O)OCC(C)(C)C[N+](C)(C)C)oc2ccccc12. The number of hydrogen-bond acceptors (Lipinski definition) is 3. The monoisotopic (exact) mass is 304 g/mol. The van der Waals surface area contributed by atoms with Crippen LogP contribution in [0.2, 0.25) is 0 Å². The van der Waals surface area contributed by atoms with Crippen LogP contribution in [0.5, 0.6) is 0 Å². The molecule has 0 amide bonds. The summed E-state index contributed by atoms with van der Waals surface area (Å²) in [6.45, 7) is 7.39. The second kappa shape index (κ2) is 5.76. The molecule has 1 aromatic carbocycles. The van der Waals surface area contributed by atoms with Crippen molar-refractivity contribution in [3.63, 3.8) is 0 Å². The summed E-state index contributed by atoms with van der Waals surface area (Å²) in [6.07, 6.45) is 0. The third kappa shape index (κ3) is 3.89. The Morgan fingerprint density at radius 2 is 1.86 bits per heavy atom. The molecule has 0 atom stereocenters. The predicted octanol–water partition coefficient (Wildman–Crippen LogP) is 3.63. The lowest BCUT2D eigenvalue weighted by Gasteiger charge is -2.33. The Hall–Kier alpha value is -1.81. The van der Waals surface area contributed by atoms with Gasteiger partial charge in [0.15, 0.2) is 0 Å². The third-order valence-corrected chi connectivity index (χ3v) is 3.53. The molecule has 0 saturated heterocycles. The Morgan fingerprint density at radius 1 is 1.23 bits per heavy atom. The number of ether oxygens (including phenoxy) is 1. The number of carbonyl (C=O) groups excluding carboxylic acids is 1. The zero-order valence-corrected chi connectivity index (χ0v) is 14.4. The van der Waals surface area contributed by atoms with E-state index in [2.05, 4.69) is 35.0 Å². The molecule has 0 aliphatic carbocycles. The summed E-state index contributed by atoms with van der Waals surface area (Å²) in [5, 5.41) is 0.958. The van der Waals surface area contributed by atoms with Crippen molar-refractivity contribution in [1.29, 1.82) is 0 Å². The van der Waals surface area contributed by atoms with Crippen molar-refractivity contribution in [3.8, 4) is 0 Å². The van der Waals surface area contributed by atoms with Crippen LogP contribution in [0.25, 0.3) is 11.0 Å². The van der Waals surface area contributed by atoms with E-state index in [1.165, 1.54) is 0 Å². The number of aryl methyl sites for hydroxylation is 1. The molecule has 0 aliphatic heterocycles. The third-order valence-electron chi connectivity index (χ3n) is 3.53. The first-order valence-electron chi connectivity index (χ1n) is 7.55. The Bertz CT molecular complexity index is 677. The average molecular weight is 304 g/mol. The molecule has 120 valence electrons. The van der Waals surface area contributed by atoms with Crippen LogP contribution in [0.15, 0.2) is 28.7 Å². The van der Waals surface area contributed by atoms with Gasteiger partial charge in [-0.15, -0.1) is 0 Å². The molecule has 2 rings (SSSR count). The molecule has 4 nitrogen and oxygen atoms in total. The number of furan rings is 1. The van der Waals surface area contributed by atoms with E-state index in [4.69, 9.17) is 9.15 Å². The Morgan fingerprint density at radius 3 is 2.45 bits per heavy atom. The number of esters is 1. The summed E-state index contributed by atoms with van der Waals surface area (Å²) < 4.78 is 12.0. The lowest BCUT2D eigenvalue weighted by Crippen LogP contribution is -2.44. The molecule has 4 heteroatoms. The van der Waals surface area contributed by atoms with Gasteiger partial charge in [0.2, 0.25) is 5.76 Å². The summed E-state index contributed by atoms with van der Waals surface area (Å²) in [4.78, 5) is 12.3. The topological polar surface area (TPSA) is 39.4 Å². The van der Waals surface area contributed by atoms with E-state index < -0.39 is 0 Å². The highest BCUT2D eigenvalue weighted by molar-refractivity contribution is 5.95. The minimum absolute atomic E-state index is 0.0895. The molecule has 0 aliphatic rings. The van der Waals surface area contributed by atoms with Crippen molar-refractivity contribution >= 4 is 16.9 Å². The van der Waals surface area contributed by atoms with Crippen LogP contribution in [0, 0.1) is 12.3 Å². The normalized spacial score (nSPS) is 12.6. The lowest BCUT2D eigenvalue weighted by molar-refractivity contribution is -0.877. The fourth-order valence-electron chi connectivity index (χ4n) is 3.03. The number of carbonyl (C=O) groups is 1. The molecule has 1 aromatic heterocycles. The first kappa shape index (κ1) is 16.6. The molecular weight excluding hydrogens is 278 g/mol. The maximum atomic E-state index is 12.3. The van der Waals surface area contributed by atoms with Crippen LogP contribution in [-0.2, 0) is 4.74 Å². The van der Waals surface area contributed by atoms with Crippen LogP contribution in [0.1, 0.15) is 30.0 Å². The van der Waals surface area contributed by atoms with Crippen LogP contribution < -0.4 is 0 Å². The first-order chi connectivity index (χ1) is 10.1. The van der Waals surface area contributed by atoms with Crippen molar-refractivity contribution in [2.24, 2.45) is 5.41 Å². The van der Waals surface area contributed by atoms with Crippen LogP contribution >= 0.6 is 0 Å². The summed E-state index contributed by atoms with van der Waals surface area (Å²) in [5.74, 6) is -0.0783. The van der Waals surface area contributed by atoms with Gasteiger partial charge in [-0.05, 0) is 13.0 Å². The van der Waals surface area contributed by atoms with Crippen LogP contribution in [0.4, 0.5) is 0 Å². The molecule has 0 unspecified atom stereocenters. The number of hydrogen-bond donors (Lipinski definition) is 0. The van der Waals surface area contributed by atoms with Gasteiger partial charge in [0.25, 0.3) is 0 Å². The van der Waals surface area contributed by atoms with Gasteiger partial charge in [-0.25, -0.2) is 4.79 Å². The molecule has 0 spiro atoms. The van der Waals surface area contributed by atoms with Crippen molar-refractivity contribution in [3.05, 3.63) is 35.6 Å². The highest BCUT2D eigenvalue weighted by Crippen LogP contribution is 2.26. The second-order valence-corrected chi connectivity index (χ2v) is 7.74. The Kier molecular flexibility index (Phi) is 4.34. The molecule has 1 heterocycles. The number of para-hydroxylation sites is 1. The van der Waals surface area contributed by atoms with E-state index in [0.29, 0.717) is 12.4 Å². The Labute approximate surface area is 132 Å². The summed E-state index contributed by atoms with van der Waals surface area (Å²) in [6, 6.07) is 7.64. The van der Waals surface area contributed by atoms with E-state index in [1.807, 2.05) is 31.2 Å². The standard InChI is InChI=1S/C18H26NO3/c1-13-14-9-7-8-10-15(14)22-16(13)17(20)21-12-18(2,3)11-19(4,5)6/h7-10H,11-12H2,1-6H3/q+1. The van der Waals surface area contributed by atoms with Gasteiger partial charge in [0.1, 0.15) is 12.2 Å². The van der Waals surface area contributed by atoms with Gasteiger partial charge < -0.3 is 13.6 Å². The average Bonchev–Trinajstić information content (AvgIpc) is 2.72. The largest absolute Gasteiger partial charge is 0.459 e. The van der Waals surface area contributed by atoms with Crippen molar-refractivity contribution in [2.75, 3.05) is 34.3 Å². The van der Waals surface area contributed by atoms with E-state index in [9.17, 15) is 4.79 Å². The molecule has 0 radical (unpaired) electrons. The van der Waals surface area contributed by atoms with Crippen molar-refractivity contribution in [2.45, 2.75) is 20.8 Å². The van der Waals surface area contributed by atoms with Gasteiger partial charge >= 0.3 is 5.97 Å². The van der Waals surface area contributed by atoms with E-state index in [1.54, 1.807) is 0 Å². The van der Waals surface area contributed by atoms with Gasteiger partial charge in [-0.3, -0.25) is 0 Å². The van der Waals surface area contributed by atoms with E-state index >= 15 is 0 Å². The molecule has 22 heavy (non-hydrogen) atoms. The maximum absolute atomic E-state index is 12.3. The zero-order valence-electron chi connectivity index (χ0n) is 14.4. The highest BCUT2D eigenvalue weighted by atomic mass is 16.5. The fraction of sp³-hybridized carbons (Fsp3) is 0.500. The maximum Gasteiger partial charge on any atom is 0.374 e. The second-order valence-electron chi connectivity index (χ2n) is 7.74. The minimum atomic E-state index is -0.386. The van der Waals surface area contributed by atoms with Gasteiger partial charge in [-0.1, -0.05) is 32.0 Å². The number of nitrogens with zero attached hydrogens (tertiary/aromatic N) is 1. The minimum Gasteiger partial charge on any atom is -0.459 e. The highest BCUT2D eigenvalue weighted by Gasteiger charge is 2.29. The summed E-state index contributed by atoms with van der Waals surface area (Å²) in [7, 11) is 6.40. The number of quaternary nitrogens is 1. The van der Waals surface area contributed by atoms with E-state index in [-0.39, 0.29) is 11.4 Å². The number of rotatable bonds is 5. The van der Waals surface area contributed by atoms with Crippen LogP contribution in [0.3, 0.4) is 0 Å². The fourth-order valence-corrected chi connectivity index (χ4v) is 3.03. The quantitative estimate of drug-likeness (QED) is 0.625. The van der Waals surface area contributed by atoms with Crippen molar-refractivity contribution in [1.82, 2.24) is 0 Å². The molecule has 0 bridgehead atoms. The Balaban J connectivity index is 2.10. The van der Waals surface area contributed by atoms with Gasteiger partial charge in [0.05, 0.1) is 27.7 Å². The number of benzene rings is 1. The van der Waals surface area contributed by atoms with Gasteiger partial charge in [-0.2, -0.15) is 0 Å². The van der Waals surface area contributed by atoms with Crippen LogP contribution in [-0.4, -0.2) is 44.7 Å². The van der Waals surface area contributed by atoms with E-state index in [0.717, 1.165) is 27.6 Å². The lowest BCUT2D eigenvalue weighted by atomic mass is 9.93. The first-order valence-corrected chi connectivity index (χ1v) is 7.55. The zero-order chi connectivity index (χ0) is 16.5. The smallest absolute Gasteiger partial charge is 0.374 e. The molecule has 0 N–H and O–H groups in total. The molecule has 0 fully saturated rings. The molecular formula is C18H26NO3+. The predicted molar refractivity (Wildman–Crippen MR) is 87.9 cm³/mol. The molecule has 0 saturated carbocycles. The molecule has 2 aromatic rings. The van der Waals surface area contributed by atoms with Gasteiger partial charge in [0, 0.05) is 16.4 Å². The van der Waals surface area contributed by atoms with Crippen molar-refractivity contribution < 1.29 is 18.4 Å². The summed E-state index contributed by atoms with van der Waals surface area (Å²) in [5.41, 5.74) is 1.47. The summed E-state index contributed by atoms with van der Waals surface area (Å²) >= 11 is 0. The number of fused-ring (bicyclic) bond motifs is 1.